The summed E-state index contributed by atoms with van der Waals surface area (Å²) in [5.41, 5.74) is 2.03. The maximum atomic E-state index is 11.7. The molecule has 0 unspecified atom stereocenters. The number of Topliss-reactive ketones (excluding diaryl/α,β-unsaturated/α-hetero) is 1. The molecule has 0 aliphatic carbocycles. The average Bonchev–Trinajstić information content (AvgIpc) is 2.08. The summed E-state index contributed by atoms with van der Waals surface area (Å²) in [4.78, 5) is 11.7. The molecule has 2 heteroatoms. The zero-order valence-corrected chi connectivity index (χ0v) is 10.3. The Balaban J connectivity index is 3.15. The van der Waals surface area contributed by atoms with Crippen LogP contribution in [0.3, 0.4) is 0 Å². The van der Waals surface area contributed by atoms with E-state index in [1.54, 1.807) is 0 Å². The molecule has 0 aliphatic rings. The predicted octanol–water partition coefficient (Wildman–Crippen LogP) is 3.44. The Bertz CT molecular complexity index is 329. The predicted molar refractivity (Wildman–Crippen MR) is 63.1 cm³/mol. The van der Waals surface area contributed by atoms with Crippen LogP contribution in [0.4, 0.5) is 0 Å². The van der Waals surface area contributed by atoms with Gasteiger partial charge in [0.1, 0.15) is 0 Å². The first-order valence-electron chi connectivity index (χ1n) is 4.33. The van der Waals surface area contributed by atoms with Crippen LogP contribution in [0.15, 0.2) is 18.2 Å². The van der Waals surface area contributed by atoms with E-state index in [9.17, 15) is 4.79 Å². The number of carbonyl (C=O) groups is 1. The second-order valence-corrected chi connectivity index (χ2v) is 4.53. The number of aryl methyl sites for hydroxylation is 1. The van der Waals surface area contributed by atoms with Crippen molar-refractivity contribution in [2.75, 3.05) is 0 Å². The summed E-state index contributed by atoms with van der Waals surface area (Å²) in [6.45, 7) is 5.89. The molecule has 0 atom stereocenters. The van der Waals surface area contributed by atoms with Crippen molar-refractivity contribution in [2.45, 2.75) is 20.8 Å². The Morgan fingerprint density at radius 2 is 2.00 bits per heavy atom. The highest BCUT2D eigenvalue weighted by Gasteiger charge is 2.13. The Hall–Kier alpha value is -0.380. The van der Waals surface area contributed by atoms with Crippen molar-refractivity contribution < 1.29 is 4.79 Å². The van der Waals surface area contributed by atoms with Gasteiger partial charge in [0.05, 0.1) is 0 Å². The maximum Gasteiger partial charge on any atom is 0.166 e. The molecule has 0 heterocycles. The first-order valence-corrected chi connectivity index (χ1v) is 5.41. The third-order valence-electron chi connectivity index (χ3n) is 1.98. The zero-order valence-electron chi connectivity index (χ0n) is 8.10. The van der Waals surface area contributed by atoms with E-state index in [2.05, 4.69) is 22.6 Å². The van der Waals surface area contributed by atoms with Crippen LogP contribution in [0, 0.1) is 16.4 Å². The molecule has 1 aromatic carbocycles. The zero-order chi connectivity index (χ0) is 10.0. The average molecular weight is 288 g/mol. The molecule has 1 aromatic rings. The van der Waals surface area contributed by atoms with Gasteiger partial charge in [-0.2, -0.15) is 0 Å². The Kier molecular flexibility index (Phi) is 3.47. The Morgan fingerprint density at radius 3 is 2.54 bits per heavy atom. The van der Waals surface area contributed by atoms with Gasteiger partial charge in [0.2, 0.25) is 0 Å². The highest BCUT2D eigenvalue weighted by atomic mass is 127. The van der Waals surface area contributed by atoms with Crippen LogP contribution in [0.25, 0.3) is 0 Å². The first-order chi connectivity index (χ1) is 6.04. The summed E-state index contributed by atoms with van der Waals surface area (Å²) in [5.74, 6) is 0.309. The van der Waals surface area contributed by atoms with Gasteiger partial charge in [-0.25, -0.2) is 0 Å². The Morgan fingerprint density at radius 1 is 1.38 bits per heavy atom. The van der Waals surface area contributed by atoms with Crippen molar-refractivity contribution in [1.82, 2.24) is 0 Å². The molecule has 1 nitrogen and oxygen atoms in total. The smallest absolute Gasteiger partial charge is 0.166 e. The molecular formula is C11H13IO. The minimum atomic E-state index is 0.0790. The third-order valence-corrected chi connectivity index (χ3v) is 3.41. The van der Waals surface area contributed by atoms with Gasteiger partial charge in [-0.15, -0.1) is 0 Å². The van der Waals surface area contributed by atoms with Crippen LogP contribution < -0.4 is 0 Å². The molecule has 1 rings (SSSR count). The molecule has 0 amide bonds. The number of hydrogen-bond donors (Lipinski definition) is 0. The van der Waals surface area contributed by atoms with Crippen molar-refractivity contribution in [1.29, 1.82) is 0 Å². The molecule has 0 N–H and O–H groups in total. The molecule has 13 heavy (non-hydrogen) atoms. The fourth-order valence-electron chi connectivity index (χ4n) is 1.15. The van der Waals surface area contributed by atoms with Crippen molar-refractivity contribution in [3.8, 4) is 0 Å². The normalized spacial score (nSPS) is 10.5. The number of benzene rings is 1. The molecule has 0 spiro atoms. The van der Waals surface area contributed by atoms with Crippen molar-refractivity contribution >= 4 is 28.4 Å². The van der Waals surface area contributed by atoms with E-state index in [0.29, 0.717) is 0 Å². The van der Waals surface area contributed by atoms with E-state index in [-0.39, 0.29) is 11.7 Å². The van der Waals surface area contributed by atoms with E-state index < -0.39 is 0 Å². The van der Waals surface area contributed by atoms with Gasteiger partial charge in [-0.1, -0.05) is 32.0 Å². The lowest BCUT2D eigenvalue weighted by molar-refractivity contribution is 0.0938. The standard InChI is InChI=1S/C11H13IO/c1-7(2)11(13)9-6-4-5-8(3)10(9)12/h4-7H,1-3H3. The summed E-state index contributed by atoms with van der Waals surface area (Å²) in [6.07, 6.45) is 0. The molecule has 0 saturated carbocycles. The summed E-state index contributed by atoms with van der Waals surface area (Å²) < 4.78 is 1.08. The largest absolute Gasteiger partial charge is 0.294 e. The van der Waals surface area contributed by atoms with Gasteiger partial charge in [-0.05, 0) is 35.1 Å². The number of rotatable bonds is 2. The molecule has 0 aliphatic heterocycles. The lowest BCUT2D eigenvalue weighted by Gasteiger charge is -2.07. The van der Waals surface area contributed by atoms with E-state index >= 15 is 0 Å². The SMILES string of the molecule is Cc1cccc(C(=O)C(C)C)c1I. The van der Waals surface area contributed by atoms with Gasteiger partial charge < -0.3 is 0 Å². The Labute approximate surface area is 92.7 Å². The van der Waals surface area contributed by atoms with Gasteiger partial charge in [0, 0.05) is 15.1 Å². The van der Waals surface area contributed by atoms with Gasteiger partial charge in [0.25, 0.3) is 0 Å². The molecular weight excluding hydrogens is 275 g/mol. The molecule has 0 radical (unpaired) electrons. The van der Waals surface area contributed by atoms with Crippen LogP contribution >= 0.6 is 22.6 Å². The molecule has 0 fully saturated rings. The van der Waals surface area contributed by atoms with Gasteiger partial charge in [0.15, 0.2) is 5.78 Å². The van der Waals surface area contributed by atoms with Crippen molar-refractivity contribution in [3.63, 3.8) is 0 Å². The van der Waals surface area contributed by atoms with Crippen LogP contribution in [0.2, 0.25) is 0 Å². The number of ketones is 1. The lowest BCUT2D eigenvalue weighted by Crippen LogP contribution is -2.09. The van der Waals surface area contributed by atoms with Crippen LogP contribution in [-0.4, -0.2) is 5.78 Å². The minimum absolute atomic E-state index is 0.0790. The quantitative estimate of drug-likeness (QED) is 0.602. The summed E-state index contributed by atoms with van der Waals surface area (Å²) >= 11 is 2.23. The van der Waals surface area contributed by atoms with Gasteiger partial charge in [-0.3, -0.25) is 4.79 Å². The molecule has 0 aromatic heterocycles. The van der Waals surface area contributed by atoms with E-state index in [1.807, 2.05) is 39.0 Å². The summed E-state index contributed by atoms with van der Waals surface area (Å²) in [7, 11) is 0. The highest BCUT2D eigenvalue weighted by Crippen LogP contribution is 2.19. The summed E-state index contributed by atoms with van der Waals surface area (Å²) in [5, 5.41) is 0. The fraction of sp³-hybridized carbons (Fsp3) is 0.364. The lowest BCUT2D eigenvalue weighted by atomic mass is 10.00. The number of carbonyl (C=O) groups excluding carboxylic acids is 1. The van der Waals surface area contributed by atoms with Crippen LogP contribution in [0.1, 0.15) is 29.8 Å². The van der Waals surface area contributed by atoms with E-state index in [4.69, 9.17) is 0 Å². The number of hydrogen-bond acceptors (Lipinski definition) is 1. The van der Waals surface area contributed by atoms with Crippen LogP contribution in [-0.2, 0) is 0 Å². The second-order valence-electron chi connectivity index (χ2n) is 3.46. The maximum absolute atomic E-state index is 11.7. The van der Waals surface area contributed by atoms with Crippen molar-refractivity contribution in [3.05, 3.63) is 32.9 Å². The second kappa shape index (κ2) is 4.22. The third kappa shape index (κ3) is 2.30. The molecule has 0 bridgehead atoms. The fourth-order valence-corrected chi connectivity index (χ4v) is 1.77. The summed E-state index contributed by atoms with van der Waals surface area (Å²) in [6, 6.07) is 5.86. The monoisotopic (exact) mass is 288 g/mol. The molecule has 70 valence electrons. The minimum Gasteiger partial charge on any atom is -0.294 e. The highest BCUT2D eigenvalue weighted by molar-refractivity contribution is 14.1. The van der Waals surface area contributed by atoms with E-state index in [1.165, 1.54) is 5.56 Å². The molecule has 0 saturated heterocycles. The first kappa shape index (κ1) is 10.7. The number of halogens is 1. The van der Waals surface area contributed by atoms with Crippen LogP contribution in [0.5, 0.6) is 0 Å². The van der Waals surface area contributed by atoms with Crippen molar-refractivity contribution in [2.24, 2.45) is 5.92 Å². The van der Waals surface area contributed by atoms with E-state index in [0.717, 1.165) is 9.13 Å². The topological polar surface area (TPSA) is 17.1 Å². The van der Waals surface area contributed by atoms with Gasteiger partial charge >= 0.3 is 0 Å².